The number of rotatable bonds is 8. The number of nitrogens with zero attached hydrogens (tertiary/aromatic N) is 1. The first-order chi connectivity index (χ1) is 10.4. The van der Waals surface area contributed by atoms with Gasteiger partial charge in [0.1, 0.15) is 5.75 Å². The van der Waals surface area contributed by atoms with Crippen LogP contribution in [0, 0.1) is 0 Å². The van der Waals surface area contributed by atoms with Gasteiger partial charge in [0.05, 0.1) is 0 Å². The number of phosphoric acid groups is 1. The lowest BCUT2D eigenvalue weighted by Crippen LogP contribution is -2.25. The Morgan fingerprint density at radius 2 is 2.23 bits per heavy atom. The van der Waals surface area contributed by atoms with E-state index < -0.39 is 7.82 Å². The van der Waals surface area contributed by atoms with Gasteiger partial charge in [-0.3, -0.25) is 14.7 Å². The highest BCUT2D eigenvalue weighted by molar-refractivity contribution is 7.46. The predicted molar refractivity (Wildman–Crippen MR) is 87.0 cm³/mol. The summed E-state index contributed by atoms with van der Waals surface area (Å²) in [6.07, 6.45) is 4.71. The molecule has 0 unspecified atom stereocenters. The van der Waals surface area contributed by atoms with Crippen molar-refractivity contribution in [3.8, 4) is 5.75 Å². The van der Waals surface area contributed by atoms with Gasteiger partial charge < -0.3 is 9.51 Å². The third-order valence-corrected chi connectivity index (χ3v) is 3.94. The van der Waals surface area contributed by atoms with E-state index in [0.717, 1.165) is 37.0 Å². The lowest BCUT2D eigenvalue weighted by molar-refractivity contribution is 0.283. The average molecular weight is 324 g/mol. The van der Waals surface area contributed by atoms with Gasteiger partial charge in [-0.15, -0.1) is 6.58 Å². The smallest absolute Gasteiger partial charge is 0.404 e. The van der Waals surface area contributed by atoms with Crippen LogP contribution in [0.3, 0.4) is 0 Å². The van der Waals surface area contributed by atoms with Gasteiger partial charge in [0, 0.05) is 36.3 Å². The maximum atomic E-state index is 10.9. The average Bonchev–Trinajstić information content (AvgIpc) is 2.84. The normalized spacial score (nSPS) is 12.0. The molecule has 0 atom stereocenters. The predicted octanol–water partition coefficient (Wildman–Crippen LogP) is 2.69. The molecule has 0 fully saturated rings. The molecule has 6 nitrogen and oxygen atoms in total. The highest BCUT2D eigenvalue weighted by Gasteiger charge is 2.16. The zero-order valence-corrected chi connectivity index (χ0v) is 13.4. The second kappa shape index (κ2) is 7.11. The van der Waals surface area contributed by atoms with Crippen LogP contribution in [0.25, 0.3) is 10.9 Å². The monoisotopic (exact) mass is 324 g/mol. The van der Waals surface area contributed by atoms with E-state index in [9.17, 15) is 4.57 Å². The van der Waals surface area contributed by atoms with E-state index in [1.807, 2.05) is 18.3 Å². The van der Waals surface area contributed by atoms with Crippen molar-refractivity contribution in [1.29, 1.82) is 0 Å². The number of hydrogen-bond acceptors (Lipinski definition) is 3. The maximum Gasteiger partial charge on any atom is 0.524 e. The fourth-order valence-electron chi connectivity index (χ4n) is 2.41. The van der Waals surface area contributed by atoms with Crippen LogP contribution in [-0.2, 0) is 11.0 Å². The Balaban J connectivity index is 2.12. The summed E-state index contributed by atoms with van der Waals surface area (Å²) >= 11 is 0. The third-order valence-electron chi connectivity index (χ3n) is 3.50. The number of hydrogen-bond donors (Lipinski definition) is 3. The van der Waals surface area contributed by atoms with Crippen molar-refractivity contribution in [2.45, 2.75) is 13.3 Å². The van der Waals surface area contributed by atoms with Crippen molar-refractivity contribution < 1.29 is 18.9 Å². The summed E-state index contributed by atoms with van der Waals surface area (Å²) in [5.41, 5.74) is 1.97. The number of aromatic amines is 1. The maximum absolute atomic E-state index is 10.9. The first-order valence-corrected chi connectivity index (χ1v) is 8.64. The van der Waals surface area contributed by atoms with Crippen molar-refractivity contribution in [2.75, 3.05) is 19.6 Å². The standard InChI is InChI=1S/C15H21N2O4P/c1-3-8-17(4-2)9-7-12-11-16-15-10-13(5-6-14(12)15)21-22(18,19)20/h3,5-6,10-11,16H,1,4,7-9H2,2H3,(H2,18,19,20). The Morgan fingerprint density at radius 1 is 1.45 bits per heavy atom. The van der Waals surface area contributed by atoms with Crippen molar-refractivity contribution in [2.24, 2.45) is 0 Å². The zero-order chi connectivity index (χ0) is 16.2. The number of phosphoric ester groups is 1. The van der Waals surface area contributed by atoms with Gasteiger partial charge in [-0.2, -0.15) is 0 Å². The minimum atomic E-state index is -4.53. The van der Waals surface area contributed by atoms with Gasteiger partial charge in [0.2, 0.25) is 0 Å². The molecule has 0 aliphatic heterocycles. The van der Waals surface area contributed by atoms with Gasteiger partial charge in [0.15, 0.2) is 0 Å². The molecule has 0 saturated carbocycles. The summed E-state index contributed by atoms with van der Waals surface area (Å²) in [6.45, 7) is 8.63. The summed E-state index contributed by atoms with van der Waals surface area (Å²) in [6, 6.07) is 4.98. The highest BCUT2D eigenvalue weighted by Crippen LogP contribution is 2.38. The van der Waals surface area contributed by atoms with E-state index >= 15 is 0 Å². The molecule has 0 aliphatic rings. The lowest BCUT2D eigenvalue weighted by Gasteiger charge is -2.17. The van der Waals surface area contributed by atoms with Gasteiger partial charge >= 0.3 is 7.82 Å². The van der Waals surface area contributed by atoms with E-state index in [0.29, 0.717) is 0 Å². The second-order valence-electron chi connectivity index (χ2n) is 5.04. The molecule has 1 aromatic heterocycles. The molecule has 2 aromatic rings. The Bertz CT molecular complexity index is 692. The van der Waals surface area contributed by atoms with Crippen LogP contribution in [-0.4, -0.2) is 39.3 Å². The number of benzene rings is 1. The molecule has 3 N–H and O–H groups in total. The molecule has 0 amide bonds. The van der Waals surface area contributed by atoms with E-state index in [1.54, 1.807) is 12.1 Å². The first-order valence-electron chi connectivity index (χ1n) is 7.11. The SMILES string of the molecule is C=CCN(CC)CCc1c[nH]c2cc(OP(=O)(O)O)ccc12. The summed E-state index contributed by atoms with van der Waals surface area (Å²) < 4.78 is 15.5. The Morgan fingerprint density at radius 3 is 2.86 bits per heavy atom. The minimum Gasteiger partial charge on any atom is -0.404 e. The zero-order valence-electron chi connectivity index (χ0n) is 12.5. The molecule has 0 spiro atoms. The van der Waals surface area contributed by atoms with Crippen LogP contribution in [0.2, 0.25) is 0 Å². The molecule has 22 heavy (non-hydrogen) atoms. The number of likely N-dealkylation sites (N-methyl/N-ethyl adjacent to an activating group) is 1. The van der Waals surface area contributed by atoms with Crippen LogP contribution < -0.4 is 4.52 Å². The molecule has 7 heteroatoms. The number of H-pyrrole nitrogens is 1. The summed E-state index contributed by atoms with van der Waals surface area (Å²) in [7, 11) is -4.53. The van der Waals surface area contributed by atoms with E-state index in [2.05, 4.69) is 27.9 Å². The quantitative estimate of drug-likeness (QED) is 0.513. The summed E-state index contributed by atoms with van der Waals surface area (Å²) in [4.78, 5) is 23.1. The van der Waals surface area contributed by atoms with Crippen LogP contribution >= 0.6 is 7.82 Å². The number of aromatic nitrogens is 1. The van der Waals surface area contributed by atoms with E-state index in [4.69, 9.17) is 9.79 Å². The number of fused-ring (bicyclic) bond motifs is 1. The molecule has 1 aromatic carbocycles. The molecule has 0 aliphatic carbocycles. The van der Waals surface area contributed by atoms with Crippen molar-refractivity contribution in [1.82, 2.24) is 9.88 Å². The van der Waals surface area contributed by atoms with Crippen molar-refractivity contribution in [3.63, 3.8) is 0 Å². The third kappa shape index (κ3) is 4.45. The van der Waals surface area contributed by atoms with Gasteiger partial charge in [0.25, 0.3) is 0 Å². The van der Waals surface area contributed by atoms with Crippen LogP contribution in [0.1, 0.15) is 12.5 Å². The summed E-state index contributed by atoms with van der Waals surface area (Å²) in [5.74, 6) is 0.149. The fraction of sp³-hybridized carbons (Fsp3) is 0.333. The molecular weight excluding hydrogens is 303 g/mol. The molecule has 2 rings (SSSR count). The van der Waals surface area contributed by atoms with E-state index in [1.165, 1.54) is 5.56 Å². The van der Waals surface area contributed by atoms with Crippen LogP contribution in [0.15, 0.2) is 37.1 Å². The largest absolute Gasteiger partial charge is 0.524 e. The summed E-state index contributed by atoms with van der Waals surface area (Å²) in [5, 5.41) is 1.03. The Labute approximate surface area is 129 Å². The Hall–Kier alpha value is -1.59. The Kier molecular flexibility index (Phi) is 5.42. The molecule has 120 valence electrons. The van der Waals surface area contributed by atoms with Crippen LogP contribution in [0.4, 0.5) is 0 Å². The van der Waals surface area contributed by atoms with Gasteiger partial charge in [-0.05, 0) is 30.7 Å². The van der Waals surface area contributed by atoms with Gasteiger partial charge in [-0.25, -0.2) is 4.57 Å². The fourth-order valence-corrected chi connectivity index (χ4v) is 2.79. The topological polar surface area (TPSA) is 85.8 Å². The van der Waals surface area contributed by atoms with Crippen LogP contribution in [0.5, 0.6) is 5.75 Å². The van der Waals surface area contributed by atoms with Crippen molar-refractivity contribution >= 4 is 18.7 Å². The first kappa shape index (κ1) is 16.8. The molecule has 0 bridgehead atoms. The molecule has 0 saturated heterocycles. The lowest BCUT2D eigenvalue weighted by atomic mass is 10.1. The van der Waals surface area contributed by atoms with E-state index in [-0.39, 0.29) is 5.75 Å². The molecule has 0 radical (unpaired) electrons. The minimum absolute atomic E-state index is 0.149. The molecular formula is C15H21N2O4P. The second-order valence-corrected chi connectivity index (χ2v) is 6.20. The highest BCUT2D eigenvalue weighted by atomic mass is 31.2. The number of nitrogens with one attached hydrogen (secondary N) is 1. The van der Waals surface area contributed by atoms with Crippen molar-refractivity contribution in [3.05, 3.63) is 42.6 Å². The molecule has 1 heterocycles. The van der Waals surface area contributed by atoms with Gasteiger partial charge in [-0.1, -0.05) is 13.0 Å².